The summed E-state index contributed by atoms with van der Waals surface area (Å²) in [5, 5.41) is 2.08. The lowest BCUT2D eigenvalue weighted by Gasteiger charge is -2.47. The Kier molecular flexibility index (Phi) is 4.70. The van der Waals surface area contributed by atoms with Gasteiger partial charge in [-0.3, -0.25) is 4.79 Å². The largest absolute Gasteiger partial charge is 0.354 e. The molecule has 0 N–H and O–H groups in total. The fourth-order valence-electron chi connectivity index (χ4n) is 4.13. The lowest BCUT2D eigenvalue weighted by molar-refractivity contribution is -0.139. The second-order valence-corrected chi connectivity index (χ2v) is 7.86. The zero-order valence-corrected chi connectivity index (χ0v) is 14.9. The van der Waals surface area contributed by atoms with Gasteiger partial charge < -0.3 is 9.80 Å². The Morgan fingerprint density at radius 1 is 1.28 bits per heavy atom. The highest BCUT2D eigenvalue weighted by atomic mass is 32.1. The summed E-state index contributed by atoms with van der Waals surface area (Å²) in [6.07, 6.45) is 4.94. The van der Waals surface area contributed by atoms with E-state index in [0.29, 0.717) is 18.2 Å². The number of piperidine rings is 2. The normalized spacial score (nSPS) is 23.6. The molecule has 1 amide bonds. The Balaban J connectivity index is 1.45. The molecule has 2 aromatic rings. The monoisotopic (exact) mass is 359 g/mol. The van der Waals surface area contributed by atoms with Gasteiger partial charge in [-0.1, -0.05) is 6.07 Å². The molecule has 0 saturated carbocycles. The topological polar surface area (TPSA) is 36.4 Å². The van der Waals surface area contributed by atoms with Crippen LogP contribution in [0.15, 0.2) is 35.8 Å². The number of nitrogens with zero attached hydrogens (tertiary/aromatic N) is 3. The molecule has 2 fully saturated rings. The number of carbonyl (C=O) groups is 1. The van der Waals surface area contributed by atoms with E-state index in [1.165, 1.54) is 10.9 Å². The number of carbonyl (C=O) groups excluding carboxylic acids is 1. The summed E-state index contributed by atoms with van der Waals surface area (Å²) >= 11 is 1.75. The summed E-state index contributed by atoms with van der Waals surface area (Å²) in [4.78, 5) is 22.1. The lowest BCUT2D eigenvalue weighted by Crippen LogP contribution is -2.56. The molecule has 132 valence electrons. The van der Waals surface area contributed by atoms with E-state index in [9.17, 15) is 9.18 Å². The molecule has 0 radical (unpaired) electrons. The zero-order chi connectivity index (χ0) is 17.2. The molecule has 4 rings (SSSR count). The second-order valence-electron chi connectivity index (χ2n) is 6.83. The minimum Gasteiger partial charge on any atom is -0.354 e. The second kappa shape index (κ2) is 7.12. The molecule has 2 aliphatic rings. The number of anilines is 1. The predicted molar refractivity (Wildman–Crippen MR) is 97.3 cm³/mol. The van der Waals surface area contributed by atoms with Crippen LogP contribution in [0.2, 0.25) is 0 Å². The average Bonchev–Trinajstić information content (AvgIpc) is 3.14. The lowest BCUT2D eigenvalue weighted by atomic mass is 9.83. The van der Waals surface area contributed by atoms with Gasteiger partial charge in [-0.25, -0.2) is 9.37 Å². The number of hydrogen-bond acceptors (Lipinski definition) is 4. The standard InChI is InChI=1S/C19H22FN3OS/c20-16-4-1-9-21-19(16)22-10-8-17-14(13-22)5-6-18(24)23(17)11-7-15-3-2-12-25-15/h1-4,9,12,14,17H,5-8,10-11,13H2/t14-,17+/m0/s1. The number of pyridine rings is 1. The number of hydrogen-bond donors (Lipinski definition) is 0. The quantitative estimate of drug-likeness (QED) is 0.840. The molecule has 2 saturated heterocycles. The van der Waals surface area contributed by atoms with Crippen molar-refractivity contribution in [2.45, 2.75) is 31.7 Å². The van der Waals surface area contributed by atoms with Crippen molar-refractivity contribution in [3.63, 3.8) is 0 Å². The Morgan fingerprint density at radius 3 is 3.00 bits per heavy atom. The molecule has 0 bridgehead atoms. The van der Waals surface area contributed by atoms with Gasteiger partial charge in [-0.05, 0) is 48.8 Å². The van der Waals surface area contributed by atoms with Crippen LogP contribution in [-0.2, 0) is 11.2 Å². The first-order chi connectivity index (χ1) is 12.2. The van der Waals surface area contributed by atoms with E-state index in [-0.39, 0.29) is 17.8 Å². The first-order valence-electron chi connectivity index (χ1n) is 8.89. The number of aromatic nitrogens is 1. The average molecular weight is 359 g/mol. The number of amides is 1. The van der Waals surface area contributed by atoms with E-state index in [4.69, 9.17) is 0 Å². The highest BCUT2D eigenvalue weighted by Gasteiger charge is 2.39. The van der Waals surface area contributed by atoms with E-state index >= 15 is 0 Å². The first-order valence-corrected chi connectivity index (χ1v) is 9.77. The molecule has 6 heteroatoms. The van der Waals surface area contributed by atoms with Gasteiger partial charge in [0.2, 0.25) is 5.91 Å². The van der Waals surface area contributed by atoms with E-state index in [2.05, 4.69) is 27.4 Å². The van der Waals surface area contributed by atoms with Gasteiger partial charge in [0.1, 0.15) is 0 Å². The molecule has 25 heavy (non-hydrogen) atoms. The third-order valence-corrected chi connectivity index (χ3v) is 6.30. The molecule has 0 spiro atoms. The Bertz CT molecular complexity index is 736. The van der Waals surface area contributed by atoms with Crippen LogP contribution in [0, 0.1) is 11.7 Å². The van der Waals surface area contributed by atoms with Crippen molar-refractivity contribution in [2.24, 2.45) is 5.92 Å². The van der Waals surface area contributed by atoms with Gasteiger partial charge >= 0.3 is 0 Å². The summed E-state index contributed by atoms with van der Waals surface area (Å²) in [6, 6.07) is 7.55. The molecular formula is C19H22FN3OS. The number of fused-ring (bicyclic) bond motifs is 1. The summed E-state index contributed by atoms with van der Waals surface area (Å²) in [5.74, 6) is 0.858. The molecule has 0 unspecified atom stereocenters. The number of rotatable bonds is 4. The summed E-state index contributed by atoms with van der Waals surface area (Å²) in [6.45, 7) is 2.32. The van der Waals surface area contributed by atoms with Crippen LogP contribution < -0.4 is 4.90 Å². The van der Waals surface area contributed by atoms with Crippen molar-refractivity contribution in [1.82, 2.24) is 9.88 Å². The van der Waals surface area contributed by atoms with Crippen LogP contribution in [0.1, 0.15) is 24.1 Å². The fraction of sp³-hybridized carbons (Fsp3) is 0.474. The molecule has 4 heterocycles. The smallest absolute Gasteiger partial charge is 0.222 e. The van der Waals surface area contributed by atoms with Crippen molar-refractivity contribution in [3.8, 4) is 0 Å². The highest BCUT2D eigenvalue weighted by Crippen LogP contribution is 2.33. The molecule has 0 aromatic carbocycles. The van der Waals surface area contributed by atoms with Crippen LogP contribution in [0.4, 0.5) is 10.2 Å². The highest BCUT2D eigenvalue weighted by molar-refractivity contribution is 7.09. The van der Waals surface area contributed by atoms with E-state index < -0.39 is 0 Å². The van der Waals surface area contributed by atoms with Crippen molar-refractivity contribution >= 4 is 23.1 Å². The van der Waals surface area contributed by atoms with Crippen molar-refractivity contribution in [2.75, 3.05) is 24.5 Å². The fourth-order valence-corrected chi connectivity index (χ4v) is 4.83. The molecule has 4 nitrogen and oxygen atoms in total. The maximum atomic E-state index is 14.0. The van der Waals surface area contributed by atoms with Crippen LogP contribution in [-0.4, -0.2) is 41.5 Å². The maximum Gasteiger partial charge on any atom is 0.222 e. The molecular weight excluding hydrogens is 337 g/mol. The van der Waals surface area contributed by atoms with E-state index in [0.717, 1.165) is 38.9 Å². The van der Waals surface area contributed by atoms with Crippen LogP contribution >= 0.6 is 11.3 Å². The molecule has 2 atom stereocenters. The van der Waals surface area contributed by atoms with Gasteiger partial charge in [-0.15, -0.1) is 11.3 Å². The van der Waals surface area contributed by atoms with Crippen LogP contribution in [0.5, 0.6) is 0 Å². The van der Waals surface area contributed by atoms with Gasteiger partial charge in [0.25, 0.3) is 0 Å². The van der Waals surface area contributed by atoms with E-state index in [1.54, 1.807) is 23.6 Å². The Morgan fingerprint density at radius 2 is 2.20 bits per heavy atom. The zero-order valence-electron chi connectivity index (χ0n) is 14.1. The molecule has 2 aliphatic heterocycles. The number of halogens is 1. The number of thiophene rings is 1. The van der Waals surface area contributed by atoms with Crippen molar-refractivity contribution < 1.29 is 9.18 Å². The van der Waals surface area contributed by atoms with Gasteiger partial charge in [0, 0.05) is 43.2 Å². The van der Waals surface area contributed by atoms with E-state index in [1.807, 2.05) is 4.90 Å². The summed E-state index contributed by atoms with van der Waals surface area (Å²) in [5.41, 5.74) is 0. The molecule has 2 aromatic heterocycles. The summed E-state index contributed by atoms with van der Waals surface area (Å²) < 4.78 is 14.0. The number of likely N-dealkylation sites (tertiary alicyclic amines) is 1. The summed E-state index contributed by atoms with van der Waals surface area (Å²) in [7, 11) is 0. The minimum absolute atomic E-state index is 0.262. The SMILES string of the molecule is O=C1CC[C@H]2CN(c3ncccc3F)CC[C@H]2N1CCc1cccs1. The third-order valence-electron chi connectivity index (χ3n) is 5.36. The third kappa shape index (κ3) is 3.40. The van der Waals surface area contributed by atoms with Gasteiger partial charge in [0.05, 0.1) is 0 Å². The minimum atomic E-state index is -0.262. The van der Waals surface area contributed by atoms with Gasteiger partial charge in [-0.2, -0.15) is 0 Å². The molecule has 0 aliphatic carbocycles. The van der Waals surface area contributed by atoms with Crippen LogP contribution in [0.3, 0.4) is 0 Å². The maximum absolute atomic E-state index is 14.0. The van der Waals surface area contributed by atoms with Crippen molar-refractivity contribution in [1.29, 1.82) is 0 Å². The first kappa shape index (κ1) is 16.5. The van der Waals surface area contributed by atoms with Crippen molar-refractivity contribution in [3.05, 3.63) is 46.5 Å². The van der Waals surface area contributed by atoms with Crippen LogP contribution in [0.25, 0.3) is 0 Å². The predicted octanol–water partition coefficient (Wildman–Crippen LogP) is 3.34. The Labute approximate surface area is 151 Å². The van der Waals surface area contributed by atoms with Gasteiger partial charge in [0.15, 0.2) is 11.6 Å². The Hall–Kier alpha value is -1.95.